The van der Waals surface area contributed by atoms with Gasteiger partial charge < -0.3 is 9.32 Å². The van der Waals surface area contributed by atoms with Crippen LogP contribution in [0.5, 0.6) is 0 Å². The molecule has 1 aliphatic rings. The fraction of sp³-hybridized carbons (Fsp3) is 0.545. The minimum absolute atomic E-state index is 0.00103. The van der Waals surface area contributed by atoms with E-state index in [1.165, 1.54) is 0 Å². The molecule has 2 heterocycles. The van der Waals surface area contributed by atoms with E-state index in [0.717, 1.165) is 25.1 Å². The van der Waals surface area contributed by atoms with Crippen LogP contribution in [-0.2, 0) is 11.2 Å². The van der Waals surface area contributed by atoms with Gasteiger partial charge in [0.1, 0.15) is 5.76 Å². The third kappa shape index (κ3) is 2.75. The molecular weight excluding hydrogens is 214 g/mol. The van der Waals surface area contributed by atoms with E-state index in [0.29, 0.717) is 13.0 Å². The Morgan fingerprint density at radius 3 is 3.07 bits per heavy atom. The van der Waals surface area contributed by atoms with E-state index in [1.807, 2.05) is 17.0 Å². The summed E-state index contributed by atoms with van der Waals surface area (Å²) >= 11 is 5.90. The summed E-state index contributed by atoms with van der Waals surface area (Å²) in [6, 6.07) is 3.83. The molecule has 0 bridgehead atoms. The number of furan rings is 1. The summed E-state index contributed by atoms with van der Waals surface area (Å²) in [4.78, 5) is 13.2. The number of nitrogens with zero attached hydrogens (tertiary/aromatic N) is 1. The van der Waals surface area contributed by atoms with Crippen molar-refractivity contribution in [1.29, 1.82) is 0 Å². The van der Waals surface area contributed by atoms with Crippen LogP contribution >= 0.6 is 11.6 Å². The zero-order valence-corrected chi connectivity index (χ0v) is 9.24. The highest BCUT2D eigenvalue weighted by atomic mass is 35.5. The summed E-state index contributed by atoms with van der Waals surface area (Å²) in [7, 11) is 0. The maximum atomic E-state index is 11.4. The van der Waals surface area contributed by atoms with E-state index in [9.17, 15) is 4.79 Å². The van der Waals surface area contributed by atoms with Gasteiger partial charge in [0.05, 0.1) is 11.6 Å². The van der Waals surface area contributed by atoms with Gasteiger partial charge in [0.15, 0.2) is 0 Å². The Hall–Kier alpha value is -0.960. The van der Waals surface area contributed by atoms with Gasteiger partial charge in [-0.15, -0.1) is 11.6 Å². The van der Waals surface area contributed by atoms with Crippen LogP contribution in [0.3, 0.4) is 0 Å². The van der Waals surface area contributed by atoms with Gasteiger partial charge in [0.25, 0.3) is 0 Å². The van der Waals surface area contributed by atoms with Crippen LogP contribution in [0.2, 0.25) is 0 Å². The van der Waals surface area contributed by atoms with Gasteiger partial charge in [-0.3, -0.25) is 4.79 Å². The molecule has 1 aliphatic heterocycles. The first-order valence-electron chi connectivity index (χ1n) is 5.20. The van der Waals surface area contributed by atoms with Crippen molar-refractivity contribution in [3.05, 3.63) is 24.2 Å². The third-order valence-electron chi connectivity index (χ3n) is 2.60. The minimum Gasteiger partial charge on any atom is -0.469 e. The summed E-state index contributed by atoms with van der Waals surface area (Å²) in [5, 5.41) is 0.00103. The van der Waals surface area contributed by atoms with E-state index in [1.54, 1.807) is 6.26 Å². The molecule has 82 valence electrons. The van der Waals surface area contributed by atoms with Crippen molar-refractivity contribution >= 4 is 17.5 Å². The molecular formula is C11H14ClNO2. The van der Waals surface area contributed by atoms with Gasteiger partial charge in [-0.25, -0.2) is 0 Å². The summed E-state index contributed by atoms with van der Waals surface area (Å²) in [6.45, 7) is 1.47. The van der Waals surface area contributed by atoms with E-state index < -0.39 is 0 Å². The fourth-order valence-corrected chi connectivity index (χ4v) is 2.14. The van der Waals surface area contributed by atoms with Crippen LogP contribution in [0.1, 0.15) is 18.6 Å². The predicted octanol–water partition coefficient (Wildman–Crippen LogP) is 2.05. The lowest BCUT2D eigenvalue weighted by Gasteiger charge is -2.14. The van der Waals surface area contributed by atoms with Crippen molar-refractivity contribution in [1.82, 2.24) is 4.90 Å². The first-order valence-corrected chi connectivity index (χ1v) is 5.63. The normalized spacial score (nSPS) is 21.3. The van der Waals surface area contributed by atoms with Crippen molar-refractivity contribution in [2.75, 3.05) is 13.1 Å². The lowest BCUT2D eigenvalue weighted by molar-refractivity contribution is -0.127. The average molecular weight is 228 g/mol. The second-order valence-electron chi connectivity index (χ2n) is 3.82. The molecule has 0 saturated carbocycles. The van der Waals surface area contributed by atoms with Crippen LogP contribution in [0.25, 0.3) is 0 Å². The fourth-order valence-electron chi connectivity index (χ4n) is 1.84. The highest BCUT2D eigenvalue weighted by Crippen LogP contribution is 2.16. The second-order valence-corrected chi connectivity index (χ2v) is 4.44. The van der Waals surface area contributed by atoms with E-state index >= 15 is 0 Å². The smallest absolute Gasteiger partial charge is 0.224 e. The van der Waals surface area contributed by atoms with Crippen molar-refractivity contribution in [2.24, 2.45) is 0 Å². The molecule has 0 aromatic carbocycles. The van der Waals surface area contributed by atoms with Crippen LogP contribution in [0.15, 0.2) is 22.8 Å². The van der Waals surface area contributed by atoms with Crippen molar-refractivity contribution in [3.8, 4) is 0 Å². The Bertz CT molecular complexity index is 323. The Labute approximate surface area is 94.0 Å². The van der Waals surface area contributed by atoms with Crippen molar-refractivity contribution < 1.29 is 9.21 Å². The SMILES string of the molecule is O=C1CC(Cl)CN1CCCc1ccco1. The number of likely N-dealkylation sites (tertiary alicyclic amines) is 1. The first kappa shape index (κ1) is 10.6. The summed E-state index contributed by atoms with van der Waals surface area (Å²) in [5.74, 6) is 1.15. The summed E-state index contributed by atoms with van der Waals surface area (Å²) in [5.41, 5.74) is 0. The number of amides is 1. The van der Waals surface area contributed by atoms with Crippen molar-refractivity contribution in [3.63, 3.8) is 0 Å². The first-order chi connectivity index (χ1) is 7.25. The molecule has 1 saturated heterocycles. The molecule has 15 heavy (non-hydrogen) atoms. The third-order valence-corrected chi connectivity index (χ3v) is 2.89. The quantitative estimate of drug-likeness (QED) is 0.738. The van der Waals surface area contributed by atoms with Gasteiger partial charge in [0.2, 0.25) is 5.91 Å². The Kier molecular flexibility index (Phi) is 3.31. The van der Waals surface area contributed by atoms with Crippen molar-refractivity contribution in [2.45, 2.75) is 24.6 Å². The standard InChI is InChI=1S/C11H14ClNO2/c12-9-7-11(14)13(8-9)5-1-3-10-4-2-6-15-10/h2,4,6,9H,1,3,5,7-8H2. The number of carbonyl (C=O) groups is 1. The molecule has 2 rings (SSSR count). The minimum atomic E-state index is 0.00103. The average Bonchev–Trinajstić information content (AvgIpc) is 2.77. The zero-order valence-electron chi connectivity index (χ0n) is 8.49. The summed E-state index contributed by atoms with van der Waals surface area (Å²) < 4.78 is 5.22. The van der Waals surface area contributed by atoms with Gasteiger partial charge in [0, 0.05) is 25.9 Å². The lowest BCUT2D eigenvalue weighted by atomic mass is 10.2. The monoisotopic (exact) mass is 227 g/mol. The van der Waals surface area contributed by atoms with Gasteiger partial charge >= 0.3 is 0 Å². The Balaban J connectivity index is 1.72. The van der Waals surface area contributed by atoms with Crippen LogP contribution in [-0.4, -0.2) is 29.3 Å². The lowest BCUT2D eigenvalue weighted by Crippen LogP contribution is -2.26. The number of halogens is 1. The molecule has 1 atom stereocenters. The molecule has 0 aliphatic carbocycles. The summed E-state index contributed by atoms with van der Waals surface area (Å²) in [6.07, 6.45) is 3.97. The molecule has 1 aromatic heterocycles. The highest BCUT2D eigenvalue weighted by molar-refractivity contribution is 6.22. The molecule has 1 aromatic rings. The molecule has 0 radical (unpaired) electrons. The number of rotatable bonds is 4. The van der Waals surface area contributed by atoms with Crippen LogP contribution in [0.4, 0.5) is 0 Å². The van der Waals surface area contributed by atoms with E-state index in [2.05, 4.69) is 0 Å². The molecule has 1 unspecified atom stereocenters. The zero-order chi connectivity index (χ0) is 10.7. The maximum Gasteiger partial charge on any atom is 0.224 e. The number of hydrogen-bond donors (Lipinski definition) is 0. The molecule has 0 N–H and O–H groups in total. The number of alkyl halides is 1. The maximum absolute atomic E-state index is 11.4. The second kappa shape index (κ2) is 4.71. The number of hydrogen-bond acceptors (Lipinski definition) is 2. The van der Waals surface area contributed by atoms with Gasteiger partial charge in [-0.1, -0.05) is 0 Å². The predicted molar refractivity (Wildman–Crippen MR) is 57.9 cm³/mol. The molecule has 1 fully saturated rings. The van der Waals surface area contributed by atoms with E-state index in [-0.39, 0.29) is 11.3 Å². The Morgan fingerprint density at radius 2 is 2.47 bits per heavy atom. The largest absolute Gasteiger partial charge is 0.469 e. The van der Waals surface area contributed by atoms with Crippen LogP contribution < -0.4 is 0 Å². The topological polar surface area (TPSA) is 33.5 Å². The Morgan fingerprint density at radius 1 is 1.60 bits per heavy atom. The molecule has 1 amide bonds. The van der Waals surface area contributed by atoms with Crippen LogP contribution in [0, 0.1) is 0 Å². The molecule has 0 spiro atoms. The number of carbonyl (C=O) groups excluding carboxylic acids is 1. The molecule has 3 nitrogen and oxygen atoms in total. The van der Waals surface area contributed by atoms with E-state index in [4.69, 9.17) is 16.0 Å². The van der Waals surface area contributed by atoms with Gasteiger partial charge in [-0.05, 0) is 18.6 Å². The molecule has 4 heteroatoms. The van der Waals surface area contributed by atoms with Gasteiger partial charge in [-0.2, -0.15) is 0 Å². The number of aryl methyl sites for hydroxylation is 1. The highest BCUT2D eigenvalue weighted by Gasteiger charge is 2.27.